The number of ketones is 1. The van der Waals surface area contributed by atoms with Crippen LogP contribution in [0, 0.1) is 0 Å². The van der Waals surface area contributed by atoms with E-state index in [1.807, 2.05) is 29.2 Å². The number of nitrogens with zero attached hydrogens (tertiary/aromatic N) is 1. The molecule has 4 heteroatoms. The summed E-state index contributed by atoms with van der Waals surface area (Å²) < 4.78 is 0. The maximum Gasteiger partial charge on any atom is 0.222 e. The van der Waals surface area contributed by atoms with E-state index in [-0.39, 0.29) is 5.78 Å². The molecule has 0 saturated carbocycles. The van der Waals surface area contributed by atoms with Crippen molar-refractivity contribution in [2.24, 2.45) is 0 Å². The molecule has 3 nitrogen and oxygen atoms in total. The lowest BCUT2D eigenvalue weighted by Gasteiger charge is -2.28. The van der Waals surface area contributed by atoms with E-state index in [4.69, 9.17) is 12.2 Å². The number of hydrogen-bond donors (Lipinski definition) is 1. The van der Waals surface area contributed by atoms with Gasteiger partial charge in [0, 0.05) is 30.2 Å². The number of fused-ring (bicyclic) bond motifs is 1. The SMILES string of the molecule is O=C(C(=S)N1CCCCC1)c1c[nH]c2ccccc12. The maximum atomic E-state index is 12.5. The molecule has 1 aromatic heterocycles. The third kappa shape index (κ3) is 2.28. The van der Waals surface area contributed by atoms with Crippen LogP contribution in [-0.4, -0.2) is 33.7 Å². The first-order chi connectivity index (χ1) is 9.27. The monoisotopic (exact) mass is 272 g/mol. The lowest BCUT2D eigenvalue weighted by atomic mass is 10.1. The number of H-pyrrole nitrogens is 1. The first-order valence-electron chi connectivity index (χ1n) is 6.67. The highest BCUT2D eigenvalue weighted by molar-refractivity contribution is 7.82. The van der Waals surface area contributed by atoms with E-state index in [2.05, 4.69) is 4.98 Å². The molecule has 0 unspecified atom stereocenters. The van der Waals surface area contributed by atoms with E-state index in [1.165, 1.54) is 6.42 Å². The smallest absolute Gasteiger partial charge is 0.222 e. The summed E-state index contributed by atoms with van der Waals surface area (Å²) in [6, 6.07) is 7.82. The Labute approximate surface area is 117 Å². The molecule has 0 atom stereocenters. The number of rotatable bonds is 2. The van der Waals surface area contributed by atoms with Gasteiger partial charge in [-0.25, -0.2) is 0 Å². The molecule has 0 radical (unpaired) electrons. The van der Waals surface area contributed by atoms with Crippen LogP contribution in [0.4, 0.5) is 0 Å². The zero-order chi connectivity index (χ0) is 13.2. The van der Waals surface area contributed by atoms with Crippen molar-refractivity contribution in [2.45, 2.75) is 19.3 Å². The Kier molecular flexibility index (Phi) is 3.34. The summed E-state index contributed by atoms with van der Waals surface area (Å²) >= 11 is 5.37. The summed E-state index contributed by atoms with van der Waals surface area (Å²) in [5.41, 5.74) is 1.67. The van der Waals surface area contributed by atoms with Gasteiger partial charge < -0.3 is 9.88 Å². The Bertz CT molecular complexity index is 626. The topological polar surface area (TPSA) is 36.1 Å². The van der Waals surface area contributed by atoms with Crippen molar-refractivity contribution in [1.82, 2.24) is 9.88 Å². The van der Waals surface area contributed by atoms with E-state index in [9.17, 15) is 4.79 Å². The number of aromatic nitrogens is 1. The number of aromatic amines is 1. The molecule has 19 heavy (non-hydrogen) atoms. The number of piperidine rings is 1. The zero-order valence-corrected chi connectivity index (χ0v) is 11.5. The summed E-state index contributed by atoms with van der Waals surface area (Å²) in [5, 5.41) is 0.951. The van der Waals surface area contributed by atoms with Crippen molar-refractivity contribution in [3.05, 3.63) is 36.0 Å². The van der Waals surface area contributed by atoms with Gasteiger partial charge in [0.05, 0.1) is 5.56 Å². The normalized spacial score (nSPS) is 15.7. The van der Waals surface area contributed by atoms with Gasteiger partial charge >= 0.3 is 0 Å². The van der Waals surface area contributed by atoms with Crippen LogP contribution < -0.4 is 0 Å². The highest BCUT2D eigenvalue weighted by Gasteiger charge is 2.22. The summed E-state index contributed by atoms with van der Waals surface area (Å²) in [4.78, 5) is 18.2. The van der Waals surface area contributed by atoms with Gasteiger partial charge in [-0.1, -0.05) is 30.4 Å². The van der Waals surface area contributed by atoms with Gasteiger partial charge in [0.25, 0.3) is 0 Å². The van der Waals surface area contributed by atoms with Gasteiger partial charge in [-0.3, -0.25) is 4.79 Å². The van der Waals surface area contributed by atoms with Gasteiger partial charge in [0.15, 0.2) is 4.99 Å². The van der Waals surface area contributed by atoms with Gasteiger partial charge in [0.2, 0.25) is 5.78 Å². The second-order valence-corrected chi connectivity index (χ2v) is 5.32. The van der Waals surface area contributed by atoms with Gasteiger partial charge in [0.1, 0.15) is 0 Å². The van der Waals surface area contributed by atoms with Crippen molar-refractivity contribution < 1.29 is 4.79 Å². The molecule has 1 aromatic carbocycles. The molecule has 0 bridgehead atoms. The third-order valence-corrected chi connectivity index (χ3v) is 4.11. The van der Waals surface area contributed by atoms with Crippen LogP contribution in [0.3, 0.4) is 0 Å². The van der Waals surface area contributed by atoms with Crippen molar-refractivity contribution in [2.75, 3.05) is 13.1 Å². The summed E-state index contributed by atoms with van der Waals surface area (Å²) in [5.74, 6) is -0.0330. The minimum atomic E-state index is -0.0330. The van der Waals surface area contributed by atoms with Crippen LogP contribution in [0.1, 0.15) is 29.6 Å². The molecule has 0 spiro atoms. The third-order valence-electron chi connectivity index (χ3n) is 3.67. The Morgan fingerprint density at radius 3 is 2.68 bits per heavy atom. The zero-order valence-electron chi connectivity index (χ0n) is 10.7. The van der Waals surface area contributed by atoms with Crippen LogP contribution >= 0.6 is 12.2 Å². The second kappa shape index (κ2) is 5.13. The predicted octanol–water partition coefficient (Wildman–Crippen LogP) is 3.16. The Morgan fingerprint density at radius 2 is 1.89 bits per heavy atom. The van der Waals surface area contributed by atoms with Crippen LogP contribution in [0.25, 0.3) is 10.9 Å². The Morgan fingerprint density at radius 1 is 1.16 bits per heavy atom. The van der Waals surface area contributed by atoms with Crippen molar-refractivity contribution >= 4 is 33.9 Å². The summed E-state index contributed by atoms with van der Waals surface area (Å²) in [7, 11) is 0. The molecule has 2 heterocycles. The number of thiocarbonyl (C=S) groups is 1. The van der Waals surface area contributed by atoms with E-state index >= 15 is 0 Å². The van der Waals surface area contributed by atoms with Gasteiger partial charge in [-0.05, 0) is 25.3 Å². The number of benzene rings is 1. The maximum absolute atomic E-state index is 12.5. The largest absolute Gasteiger partial charge is 0.360 e. The summed E-state index contributed by atoms with van der Waals surface area (Å²) in [6.45, 7) is 1.82. The highest BCUT2D eigenvalue weighted by Crippen LogP contribution is 2.20. The number of likely N-dealkylation sites (tertiary alicyclic amines) is 1. The van der Waals surface area contributed by atoms with Crippen LogP contribution in [0.15, 0.2) is 30.5 Å². The average molecular weight is 272 g/mol. The van der Waals surface area contributed by atoms with E-state index in [0.717, 1.165) is 36.8 Å². The predicted molar refractivity (Wildman–Crippen MR) is 80.7 cm³/mol. The second-order valence-electron chi connectivity index (χ2n) is 4.93. The average Bonchev–Trinajstić information content (AvgIpc) is 2.90. The fraction of sp³-hybridized carbons (Fsp3) is 0.333. The number of nitrogens with one attached hydrogen (secondary N) is 1. The molecular weight excluding hydrogens is 256 g/mol. The highest BCUT2D eigenvalue weighted by atomic mass is 32.1. The number of carbonyl (C=O) groups is 1. The molecule has 1 saturated heterocycles. The van der Waals surface area contributed by atoms with Crippen molar-refractivity contribution in [1.29, 1.82) is 0 Å². The van der Waals surface area contributed by atoms with Crippen LogP contribution in [0.2, 0.25) is 0 Å². The standard InChI is InChI=1S/C15H16N2OS/c18-14(15(19)17-8-4-1-5-9-17)12-10-16-13-7-3-2-6-11(12)13/h2-3,6-7,10,16H,1,4-5,8-9H2. The van der Waals surface area contributed by atoms with Crippen molar-refractivity contribution in [3.8, 4) is 0 Å². The lowest BCUT2D eigenvalue weighted by Crippen LogP contribution is -2.38. The molecule has 0 aliphatic carbocycles. The molecular formula is C15H16N2OS. The first kappa shape index (κ1) is 12.4. The van der Waals surface area contributed by atoms with Gasteiger partial charge in [-0.15, -0.1) is 0 Å². The van der Waals surface area contributed by atoms with E-state index in [0.29, 0.717) is 10.6 Å². The quantitative estimate of drug-likeness (QED) is 0.674. The molecule has 98 valence electrons. The minimum Gasteiger partial charge on any atom is -0.360 e. The number of hydrogen-bond acceptors (Lipinski definition) is 2. The fourth-order valence-corrected chi connectivity index (χ4v) is 2.91. The first-order valence-corrected chi connectivity index (χ1v) is 7.08. The number of Topliss-reactive ketones (excluding diaryl/α,β-unsaturated/α-hetero) is 1. The molecule has 0 amide bonds. The van der Waals surface area contributed by atoms with Gasteiger partial charge in [-0.2, -0.15) is 0 Å². The molecule has 1 fully saturated rings. The molecule has 3 rings (SSSR count). The van der Waals surface area contributed by atoms with E-state index < -0.39 is 0 Å². The summed E-state index contributed by atoms with van der Waals surface area (Å²) in [6.07, 6.45) is 5.26. The Balaban J connectivity index is 1.89. The van der Waals surface area contributed by atoms with E-state index in [1.54, 1.807) is 6.20 Å². The lowest BCUT2D eigenvalue weighted by molar-refractivity contribution is 0.105. The van der Waals surface area contributed by atoms with Crippen LogP contribution in [-0.2, 0) is 0 Å². The number of carbonyl (C=O) groups excluding carboxylic acids is 1. The number of para-hydroxylation sites is 1. The van der Waals surface area contributed by atoms with Crippen molar-refractivity contribution in [3.63, 3.8) is 0 Å². The Hall–Kier alpha value is -1.68. The van der Waals surface area contributed by atoms with Crippen LogP contribution in [0.5, 0.6) is 0 Å². The molecule has 2 aromatic rings. The molecule has 1 aliphatic heterocycles. The fourth-order valence-electron chi connectivity index (χ4n) is 2.62. The molecule has 1 N–H and O–H groups in total. The minimum absolute atomic E-state index is 0.0330. The molecule has 1 aliphatic rings.